The van der Waals surface area contributed by atoms with Gasteiger partial charge in [-0.15, -0.1) is 0 Å². The lowest BCUT2D eigenvalue weighted by Gasteiger charge is -2.37. The van der Waals surface area contributed by atoms with Gasteiger partial charge in [-0.05, 0) is 32.2 Å². The Kier molecular flexibility index (Phi) is 3.37. The van der Waals surface area contributed by atoms with E-state index in [-0.39, 0.29) is 0 Å². The lowest BCUT2D eigenvalue weighted by atomic mass is 10.0. The molecule has 0 bridgehead atoms. The summed E-state index contributed by atoms with van der Waals surface area (Å²) in [5.41, 5.74) is 0. The molecule has 1 amide bonds. The maximum atomic E-state index is 11.6. The fourth-order valence-corrected chi connectivity index (χ4v) is 3.66. The molecule has 100 valence electrons. The van der Waals surface area contributed by atoms with Gasteiger partial charge >= 0.3 is 0 Å². The van der Waals surface area contributed by atoms with Gasteiger partial charge in [-0.1, -0.05) is 0 Å². The number of hydrogen-bond donors (Lipinski definition) is 0. The Hall–Kier alpha value is -0.900. The van der Waals surface area contributed by atoms with Crippen LogP contribution in [0.2, 0.25) is 0 Å². The van der Waals surface area contributed by atoms with Gasteiger partial charge in [-0.2, -0.15) is 0 Å². The van der Waals surface area contributed by atoms with Crippen LogP contribution in [0.15, 0.2) is 0 Å². The van der Waals surface area contributed by atoms with Crippen molar-refractivity contribution in [3.05, 3.63) is 0 Å². The van der Waals surface area contributed by atoms with Gasteiger partial charge in [0.2, 0.25) is 5.91 Å². The number of nitrogens with zero attached hydrogens (tertiary/aromatic N) is 2. The Morgan fingerprint density at radius 1 is 1.11 bits per heavy atom. The molecule has 1 saturated carbocycles. The lowest BCUT2D eigenvalue weighted by molar-refractivity contribution is -0.130. The zero-order valence-corrected chi connectivity index (χ0v) is 10.9. The Labute approximate surface area is 108 Å². The maximum absolute atomic E-state index is 11.6. The van der Waals surface area contributed by atoms with Crippen molar-refractivity contribution in [2.45, 2.75) is 44.6 Å². The molecule has 0 aromatic heterocycles. The molecule has 3 aliphatic rings. The molecule has 4 heteroatoms. The van der Waals surface area contributed by atoms with Gasteiger partial charge in [0.25, 0.3) is 0 Å². The molecule has 18 heavy (non-hydrogen) atoms. The molecule has 1 aliphatic carbocycles. The Morgan fingerprint density at radius 2 is 2.00 bits per heavy atom. The molecule has 0 aromatic rings. The molecule has 4 nitrogen and oxygen atoms in total. The number of hydrogen-bond acceptors (Lipinski definition) is 3. The van der Waals surface area contributed by atoms with Crippen molar-refractivity contribution >= 4 is 11.7 Å². The number of Topliss-reactive ketones (excluding diaryl/α,β-unsaturated/α-hetero) is 1. The first-order valence-corrected chi connectivity index (χ1v) is 7.28. The number of carbonyl (C=O) groups is 2. The Morgan fingerprint density at radius 3 is 2.78 bits per heavy atom. The van der Waals surface area contributed by atoms with E-state index in [2.05, 4.69) is 9.80 Å². The molecule has 2 heterocycles. The molecule has 2 aliphatic heterocycles. The molecule has 3 fully saturated rings. The highest BCUT2D eigenvalue weighted by Crippen LogP contribution is 2.26. The van der Waals surface area contributed by atoms with Crippen LogP contribution in [0, 0.1) is 5.92 Å². The number of amides is 1. The molecule has 0 aromatic carbocycles. The summed E-state index contributed by atoms with van der Waals surface area (Å²) in [4.78, 5) is 27.7. The minimum absolute atomic E-state index is 0.327. The number of carbonyl (C=O) groups excluding carboxylic acids is 2. The SMILES string of the molecule is O=C1CCCC1CCN1CCN2C(=O)CCC2C1. The van der Waals surface area contributed by atoms with Crippen LogP contribution >= 0.6 is 0 Å². The highest BCUT2D eigenvalue weighted by molar-refractivity contribution is 5.82. The van der Waals surface area contributed by atoms with Crippen LogP contribution in [0.4, 0.5) is 0 Å². The van der Waals surface area contributed by atoms with Gasteiger partial charge in [-0.25, -0.2) is 0 Å². The molecule has 3 rings (SSSR count). The quantitative estimate of drug-likeness (QED) is 0.752. The number of piperazine rings is 1. The molecule has 2 unspecified atom stereocenters. The number of rotatable bonds is 3. The van der Waals surface area contributed by atoms with E-state index in [9.17, 15) is 9.59 Å². The predicted molar refractivity (Wildman–Crippen MR) is 68.1 cm³/mol. The molecule has 0 radical (unpaired) electrons. The first-order chi connectivity index (χ1) is 8.74. The third kappa shape index (κ3) is 2.30. The summed E-state index contributed by atoms with van der Waals surface area (Å²) in [6.45, 7) is 3.94. The van der Waals surface area contributed by atoms with Crippen LogP contribution in [0.3, 0.4) is 0 Å². The van der Waals surface area contributed by atoms with Gasteiger partial charge in [0.1, 0.15) is 5.78 Å². The smallest absolute Gasteiger partial charge is 0.222 e. The van der Waals surface area contributed by atoms with Crippen LogP contribution in [-0.2, 0) is 9.59 Å². The summed E-state index contributed by atoms with van der Waals surface area (Å²) < 4.78 is 0. The number of ketones is 1. The van der Waals surface area contributed by atoms with Crippen molar-refractivity contribution in [2.24, 2.45) is 5.92 Å². The zero-order chi connectivity index (χ0) is 12.5. The van der Waals surface area contributed by atoms with Crippen LogP contribution < -0.4 is 0 Å². The Balaban J connectivity index is 1.47. The zero-order valence-electron chi connectivity index (χ0n) is 10.9. The summed E-state index contributed by atoms with van der Waals surface area (Å²) in [5, 5.41) is 0. The summed E-state index contributed by atoms with van der Waals surface area (Å²) in [5.74, 6) is 1.14. The van der Waals surface area contributed by atoms with Gasteiger partial charge < -0.3 is 4.90 Å². The second kappa shape index (κ2) is 5.00. The van der Waals surface area contributed by atoms with E-state index in [1.807, 2.05) is 0 Å². The maximum Gasteiger partial charge on any atom is 0.222 e. The average molecular weight is 250 g/mol. The van der Waals surface area contributed by atoms with Crippen molar-refractivity contribution in [3.63, 3.8) is 0 Å². The number of fused-ring (bicyclic) bond motifs is 1. The molecule has 0 N–H and O–H groups in total. The van der Waals surface area contributed by atoms with Gasteiger partial charge in [0.05, 0.1) is 0 Å². The summed E-state index contributed by atoms with van der Waals surface area (Å²) in [7, 11) is 0. The average Bonchev–Trinajstić information content (AvgIpc) is 2.94. The standard InChI is InChI=1S/C14H22N2O2/c17-13-3-1-2-11(13)6-7-15-8-9-16-12(10-15)4-5-14(16)18/h11-12H,1-10H2. The van der Waals surface area contributed by atoms with E-state index >= 15 is 0 Å². The lowest BCUT2D eigenvalue weighted by Crippen LogP contribution is -2.51. The minimum atomic E-state index is 0.327. The normalized spacial score (nSPS) is 33.2. The molecule has 0 spiro atoms. The van der Waals surface area contributed by atoms with Crippen LogP contribution in [-0.4, -0.2) is 53.7 Å². The van der Waals surface area contributed by atoms with Crippen molar-refractivity contribution < 1.29 is 9.59 Å². The first kappa shape index (κ1) is 12.2. The first-order valence-electron chi connectivity index (χ1n) is 7.28. The fraction of sp³-hybridized carbons (Fsp3) is 0.857. The van der Waals surface area contributed by atoms with E-state index in [4.69, 9.17) is 0 Å². The van der Waals surface area contributed by atoms with Crippen LogP contribution in [0.5, 0.6) is 0 Å². The molecule has 2 atom stereocenters. The Bertz CT molecular complexity index is 356. The highest BCUT2D eigenvalue weighted by atomic mass is 16.2. The van der Waals surface area contributed by atoms with Crippen LogP contribution in [0.25, 0.3) is 0 Å². The fourth-order valence-electron chi connectivity index (χ4n) is 3.66. The minimum Gasteiger partial charge on any atom is -0.337 e. The molecular weight excluding hydrogens is 228 g/mol. The third-order valence-electron chi connectivity index (χ3n) is 4.80. The van der Waals surface area contributed by atoms with E-state index in [1.54, 1.807) is 0 Å². The van der Waals surface area contributed by atoms with E-state index in [0.29, 0.717) is 23.7 Å². The second-order valence-electron chi connectivity index (χ2n) is 5.92. The second-order valence-corrected chi connectivity index (χ2v) is 5.92. The monoisotopic (exact) mass is 250 g/mol. The van der Waals surface area contributed by atoms with E-state index in [1.165, 1.54) is 0 Å². The molecular formula is C14H22N2O2. The molecule has 2 saturated heterocycles. The van der Waals surface area contributed by atoms with Gasteiger partial charge in [0.15, 0.2) is 0 Å². The topological polar surface area (TPSA) is 40.6 Å². The van der Waals surface area contributed by atoms with Gasteiger partial charge in [0, 0.05) is 44.4 Å². The third-order valence-corrected chi connectivity index (χ3v) is 4.80. The highest BCUT2D eigenvalue weighted by Gasteiger charge is 2.35. The van der Waals surface area contributed by atoms with Gasteiger partial charge in [-0.3, -0.25) is 14.5 Å². The summed E-state index contributed by atoms with van der Waals surface area (Å²) in [6.07, 6.45) is 5.78. The van der Waals surface area contributed by atoms with E-state index in [0.717, 1.165) is 64.7 Å². The van der Waals surface area contributed by atoms with Crippen molar-refractivity contribution in [2.75, 3.05) is 26.2 Å². The predicted octanol–water partition coefficient (Wildman–Crippen LogP) is 1.05. The summed E-state index contributed by atoms with van der Waals surface area (Å²) in [6, 6.07) is 0.450. The van der Waals surface area contributed by atoms with E-state index < -0.39 is 0 Å². The van der Waals surface area contributed by atoms with Crippen molar-refractivity contribution in [3.8, 4) is 0 Å². The largest absolute Gasteiger partial charge is 0.337 e. The summed E-state index contributed by atoms with van der Waals surface area (Å²) >= 11 is 0. The van der Waals surface area contributed by atoms with Crippen LogP contribution in [0.1, 0.15) is 38.5 Å². The van der Waals surface area contributed by atoms with Crippen molar-refractivity contribution in [1.29, 1.82) is 0 Å². The van der Waals surface area contributed by atoms with Crippen molar-refractivity contribution in [1.82, 2.24) is 9.80 Å².